The van der Waals surface area contributed by atoms with E-state index in [-0.39, 0.29) is 18.4 Å². The summed E-state index contributed by atoms with van der Waals surface area (Å²) in [7, 11) is 0. The SMILES string of the molecule is O=C1CN(C(=O)CN2CCc3ccccc32)c2ccccc2N1. The third-order valence-electron chi connectivity index (χ3n) is 4.38. The number of nitrogens with zero attached hydrogens (tertiary/aromatic N) is 2. The molecule has 4 rings (SSSR count). The second kappa shape index (κ2) is 5.43. The molecule has 0 bridgehead atoms. The Labute approximate surface area is 134 Å². The van der Waals surface area contributed by atoms with Crippen LogP contribution in [0.1, 0.15) is 5.56 Å². The first-order valence-corrected chi connectivity index (χ1v) is 7.74. The van der Waals surface area contributed by atoms with Crippen LogP contribution in [0.2, 0.25) is 0 Å². The predicted molar refractivity (Wildman–Crippen MR) is 89.8 cm³/mol. The zero-order valence-electron chi connectivity index (χ0n) is 12.7. The van der Waals surface area contributed by atoms with Crippen molar-refractivity contribution in [3.63, 3.8) is 0 Å². The standard InChI is InChI=1S/C18H17N3O2/c22-17-11-21(16-8-4-2-6-14(16)19-17)18(23)12-20-10-9-13-5-1-3-7-15(13)20/h1-8H,9-12H2,(H,19,22). The van der Waals surface area contributed by atoms with Crippen molar-refractivity contribution in [2.75, 3.05) is 34.8 Å². The first-order valence-electron chi connectivity index (χ1n) is 7.74. The molecule has 0 saturated heterocycles. The number of anilines is 3. The van der Waals surface area contributed by atoms with E-state index in [4.69, 9.17) is 0 Å². The molecule has 0 aromatic heterocycles. The average molecular weight is 307 g/mol. The van der Waals surface area contributed by atoms with E-state index in [9.17, 15) is 9.59 Å². The number of benzene rings is 2. The number of carbonyl (C=O) groups excluding carboxylic acids is 2. The van der Waals surface area contributed by atoms with Crippen molar-refractivity contribution in [1.82, 2.24) is 0 Å². The van der Waals surface area contributed by atoms with E-state index in [1.54, 1.807) is 4.90 Å². The molecule has 2 aromatic carbocycles. The molecule has 1 N–H and O–H groups in total. The normalized spacial score (nSPS) is 15.9. The van der Waals surface area contributed by atoms with E-state index in [2.05, 4.69) is 16.3 Å². The minimum Gasteiger partial charge on any atom is -0.362 e. The van der Waals surface area contributed by atoms with Gasteiger partial charge in [0.15, 0.2) is 0 Å². The molecule has 5 heteroatoms. The van der Waals surface area contributed by atoms with Crippen LogP contribution in [-0.4, -0.2) is 31.4 Å². The van der Waals surface area contributed by atoms with Gasteiger partial charge < -0.3 is 10.2 Å². The zero-order chi connectivity index (χ0) is 15.8. The summed E-state index contributed by atoms with van der Waals surface area (Å²) in [6.45, 7) is 1.21. The van der Waals surface area contributed by atoms with E-state index in [0.29, 0.717) is 12.2 Å². The van der Waals surface area contributed by atoms with Gasteiger partial charge in [0.05, 0.1) is 17.9 Å². The first kappa shape index (κ1) is 13.8. The van der Waals surface area contributed by atoms with Crippen LogP contribution < -0.4 is 15.1 Å². The number of carbonyl (C=O) groups is 2. The molecule has 2 heterocycles. The van der Waals surface area contributed by atoms with Gasteiger partial charge in [0.25, 0.3) is 0 Å². The van der Waals surface area contributed by atoms with Crippen molar-refractivity contribution in [2.45, 2.75) is 6.42 Å². The molecule has 0 atom stereocenters. The van der Waals surface area contributed by atoms with Crippen LogP contribution in [0.15, 0.2) is 48.5 Å². The van der Waals surface area contributed by atoms with Crippen molar-refractivity contribution >= 4 is 28.9 Å². The van der Waals surface area contributed by atoms with Gasteiger partial charge in [0.1, 0.15) is 6.54 Å². The van der Waals surface area contributed by atoms with Gasteiger partial charge in [-0.1, -0.05) is 30.3 Å². The lowest BCUT2D eigenvalue weighted by molar-refractivity contribution is -0.121. The van der Waals surface area contributed by atoms with Crippen LogP contribution in [-0.2, 0) is 16.0 Å². The third-order valence-corrected chi connectivity index (χ3v) is 4.38. The fourth-order valence-electron chi connectivity index (χ4n) is 3.28. The predicted octanol–water partition coefficient (Wildman–Crippen LogP) is 2.03. The highest BCUT2D eigenvalue weighted by Crippen LogP contribution is 2.31. The lowest BCUT2D eigenvalue weighted by Crippen LogP contribution is -2.46. The Morgan fingerprint density at radius 2 is 1.78 bits per heavy atom. The Kier molecular flexibility index (Phi) is 3.26. The minimum atomic E-state index is -0.154. The molecule has 2 amide bonds. The second-order valence-corrected chi connectivity index (χ2v) is 5.85. The second-order valence-electron chi connectivity index (χ2n) is 5.85. The summed E-state index contributed by atoms with van der Waals surface area (Å²) in [5.41, 5.74) is 3.86. The summed E-state index contributed by atoms with van der Waals surface area (Å²) < 4.78 is 0. The Morgan fingerprint density at radius 3 is 2.65 bits per heavy atom. The van der Waals surface area contributed by atoms with Crippen LogP contribution in [0, 0.1) is 0 Å². The van der Waals surface area contributed by atoms with Crippen molar-refractivity contribution in [2.24, 2.45) is 0 Å². The van der Waals surface area contributed by atoms with E-state index >= 15 is 0 Å². The number of para-hydroxylation sites is 3. The molecule has 0 unspecified atom stereocenters. The van der Waals surface area contributed by atoms with Crippen molar-refractivity contribution < 1.29 is 9.59 Å². The van der Waals surface area contributed by atoms with Gasteiger partial charge in [-0.05, 0) is 30.2 Å². The molecule has 0 aliphatic carbocycles. The Hall–Kier alpha value is -2.82. The van der Waals surface area contributed by atoms with Crippen LogP contribution in [0.5, 0.6) is 0 Å². The fourth-order valence-corrected chi connectivity index (χ4v) is 3.28. The van der Waals surface area contributed by atoms with Crippen LogP contribution >= 0.6 is 0 Å². The van der Waals surface area contributed by atoms with Crippen LogP contribution in [0.4, 0.5) is 17.1 Å². The van der Waals surface area contributed by atoms with Gasteiger partial charge in [0.2, 0.25) is 11.8 Å². The van der Waals surface area contributed by atoms with Gasteiger partial charge in [-0.25, -0.2) is 0 Å². The summed E-state index contributed by atoms with van der Waals surface area (Å²) in [5, 5.41) is 2.81. The topological polar surface area (TPSA) is 52.7 Å². The number of rotatable bonds is 2. The maximum atomic E-state index is 12.8. The Balaban J connectivity index is 1.58. The number of amides is 2. The molecule has 5 nitrogen and oxygen atoms in total. The molecule has 0 spiro atoms. The zero-order valence-corrected chi connectivity index (χ0v) is 12.7. The summed E-state index contributed by atoms with van der Waals surface area (Å²) in [5.74, 6) is -0.206. The molecule has 2 aliphatic heterocycles. The summed E-state index contributed by atoms with van der Waals surface area (Å²) >= 11 is 0. The fraction of sp³-hybridized carbons (Fsp3) is 0.222. The first-order chi connectivity index (χ1) is 11.2. The molecule has 116 valence electrons. The average Bonchev–Trinajstić information content (AvgIpc) is 2.97. The maximum Gasteiger partial charge on any atom is 0.247 e. The summed E-state index contributed by atoms with van der Waals surface area (Å²) in [6.07, 6.45) is 0.959. The summed E-state index contributed by atoms with van der Waals surface area (Å²) in [6, 6.07) is 15.6. The number of fused-ring (bicyclic) bond motifs is 2. The van der Waals surface area contributed by atoms with Crippen LogP contribution in [0.3, 0.4) is 0 Å². The van der Waals surface area contributed by atoms with Crippen molar-refractivity contribution in [3.8, 4) is 0 Å². The lowest BCUT2D eigenvalue weighted by Gasteiger charge is -2.31. The monoisotopic (exact) mass is 307 g/mol. The molecular weight excluding hydrogens is 290 g/mol. The molecule has 2 aliphatic rings. The smallest absolute Gasteiger partial charge is 0.247 e. The van der Waals surface area contributed by atoms with E-state index in [0.717, 1.165) is 24.3 Å². The molecule has 0 saturated carbocycles. The van der Waals surface area contributed by atoms with Crippen molar-refractivity contribution in [1.29, 1.82) is 0 Å². The molecule has 23 heavy (non-hydrogen) atoms. The number of hydrogen-bond acceptors (Lipinski definition) is 3. The van der Waals surface area contributed by atoms with E-state index < -0.39 is 0 Å². The maximum absolute atomic E-state index is 12.8. The number of nitrogens with one attached hydrogen (secondary N) is 1. The van der Waals surface area contributed by atoms with Gasteiger partial charge >= 0.3 is 0 Å². The van der Waals surface area contributed by atoms with Crippen LogP contribution in [0.25, 0.3) is 0 Å². The van der Waals surface area contributed by atoms with Gasteiger partial charge in [-0.2, -0.15) is 0 Å². The Bertz CT molecular complexity index is 787. The highest BCUT2D eigenvalue weighted by atomic mass is 16.2. The molecular formula is C18H17N3O2. The van der Waals surface area contributed by atoms with Gasteiger partial charge in [0, 0.05) is 12.2 Å². The minimum absolute atomic E-state index is 0.0518. The number of hydrogen-bond donors (Lipinski definition) is 1. The highest BCUT2D eigenvalue weighted by molar-refractivity contribution is 6.10. The molecule has 2 aromatic rings. The highest BCUT2D eigenvalue weighted by Gasteiger charge is 2.29. The van der Waals surface area contributed by atoms with E-state index in [1.165, 1.54) is 5.56 Å². The van der Waals surface area contributed by atoms with Gasteiger partial charge in [-0.3, -0.25) is 14.5 Å². The largest absolute Gasteiger partial charge is 0.362 e. The quantitative estimate of drug-likeness (QED) is 0.923. The summed E-state index contributed by atoms with van der Waals surface area (Å²) in [4.78, 5) is 28.3. The van der Waals surface area contributed by atoms with Crippen molar-refractivity contribution in [3.05, 3.63) is 54.1 Å². The molecule has 0 radical (unpaired) electrons. The molecule has 0 fully saturated rings. The lowest BCUT2D eigenvalue weighted by atomic mass is 10.2. The van der Waals surface area contributed by atoms with E-state index in [1.807, 2.05) is 42.5 Å². The Morgan fingerprint density at radius 1 is 1.04 bits per heavy atom. The van der Waals surface area contributed by atoms with Gasteiger partial charge in [-0.15, -0.1) is 0 Å². The third kappa shape index (κ3) is 2.44.